The molecule has 0 bridgehead atoms. The fraction of sp³-hybridized carbons (Fsp3) is 0.321. The fourth-order valence-corrected chi connectivity index (χ4v) is 6.18. The summed E-state index contributed by atoms with van der Waals surface area (Å²) >= 11 is 0. The summed E-state index contributed by atoms with van der Waals surface area (Å²) in [5.74, 6) is -6.64. The molecule has 2 atom stereocenters. The first-order valence-corrected chi connectivity index (χ1v) is 15.0. The van der Waals surface area contributed by atoms with Crippen molar-refractivity contribution in [2.24, 2.45) is 0 Å². The van der Waals surface area contributed by atoms with E-state index in [2.05, 4.69) is 20.6 Å². The van der Waals surface area contributed by atoms with Crippen LogP contribution in [0, 0.1) is 23.3 Å². The predicted molar refractivity (Wildman–Crippen MR) is 153 cm³/mol. The summed E-state index contributed by atoms with van der Waals surface area (Å²) < 4.78 is 87.7. The summed E-state index contributed by atoms with van der Waals surface area (Å²) in [4.78, 5) is 22.3. The first-order chi connectivity index (χ1) is 20.3. The molecule has 43 heavy (non-hydrogen) atoms. The van der Waals surface area contributed by atoms with E-state index >= 15 is 13.2 Å². The average Bonchev–Trinajstić information content (AvgIpc) is 2.94. The number of β-amino-alcohol motifs (C(OH)–C–C–N with tert-alkyl or cyclic N) is 1. The van der Waals surface area contributed by atoms with Crippen LogP contribution in [0.15, 0.2) is 47.4 Å². The summed E-state index contributed by atoms with van der Waals surface area (Å²) in [6, 6.07) is 5.96. The number of aliphatic hydroxyl groups is 1. The highest BCUT2D eigenvalue weighted by molar-refractivity contribution is 7.91. The van der Waals surface area contributed by atoms with Crippen LogP contribution in [-0.4, -0.2) is 53.3 Å². The quantitative estimate of drug-likeness (QED) is 0.173. The normalized spacial score (nSPS) is 17.4. The van der Waals surface area contributed by atoms with Gasteiger partial charge in [0.2, 0.25) is 16.0 Å². The van der Waals surface area contributed by atoms with E-state index in [-0.39, 0.29) is 28.6 Å². The number of pyridine rings is 1. The summed E-state index contributed by atoms with van der Waals surface area (Å²) in [6.07, 6.45) is 1.28. The van der Waals surface area contributed by atoms with E-state index in [0.29, 0.717) is 25.6 Å². The van der Waals surface area contributed by atoms with Crippen LogP contribution in [0.4, 0.5) is 29.2 Å². The smallest absolute Gasteiger partial charge is 0.260 e. The Kier molecular flexibility index (Phi) is 8.40. The van der Waals surface area contributed by atoms with Crippen LogP contribution in [0.1, 0.15) is 31.9 Å². The number of halogens is 4. The lowest BCUT2D eigenvalue weighted by Gasteiger charge is -2.27. The molecule has 1 saturated heterocycles. The number of hydrogen-bond acceptors (Lipinski definition) is 8. The van der Waals surface area contributed by atoms with Crippen molar-refractivity contribution in [2.45, 2.75) is 44.2 Å². The molecule has 4 N–H and O–H groups in total. The van der Waals surface area contributed by atoms with Crippen LogP contribution >= 0.6 is 0 Å². The van der Waals surface area contributed by atoms with Crippen molar-refractivity contribution >= 4 is 32.7 Å². The Balaban J connectivity index is 1.53. The van der Waals surface area contributed by atoms with Gasteiger partial charge in [-0.1, -0.05) is 18.2 Å². The minimum Gasteiger partial charge on any atom is -0.392 e. The summed E-state index contributed by atoms with van der Waals surface area (Å²) in [5.41, 5.74) is -3.31. The maximum absolute atomic E-state index is 15.4. The zero-order valence-electron chi connectivity index (χ0n) is 23.0. The van der Waals surface area contributed by atoms with E-state index in [4.69, 9.17) is 0 Å². The number of piperidine rings is 1. The van der Waals surface area contributed by atoms with Crippen molar-refractivity contribution in [3.63, 3.8) is 0 Å². The lowest BCUT2D eigenvalue weighted by molar-refractivity contribution is 0.136. The highest BCUT2D eigenvalue weighted by atomic mass is 32.2. The van der Waals surface area contributed by atoms with Crippen LogP contribution < -0.4 is 20.9 Å². The summed E-state index contributed by atoms with van der Waals surface area (Å²) in [7, 11) is -4.57. The van der Waals surface area contributed by atoms with Gasteiger partial charge >= 0.3 is 0 Å². The van der Waals surface area contributed by atoms with E-state index in [0.717, 1.165) is 6.07 Å². The van der Waals surface area contributed by atoms with E-state index < -0.39 is 73.6 Å². The Morgan fingerprint density at radius 1 is 1.07 bits per heavy atom. The standard InChI is InChI=1S/C28H28F4N6O4S/c1-14(2)38-26-16(10-34-28(36-26)35-17-8-18(39)12-33-11-17)7-20(27(38)40)19-9-22(30)25(24(32)23(19)31)37-43(41,42)13-15-5-3-4-6-21(15)29/h3-7,9-10,14,17-18,33,37,39H,8,11-13H2,1-2H3,(H,34,35,36)/t17-,18+/m1/s1. The molecule has 2 aromatic heterocycles. The zero-order chi connectivity index (χ0) is 31.1. The number of rotatable bonds is 8. The van der Waals surface area contributed by atoms with Crippen molar-refractivity contribution < 1.29 is 31.1 Å². The fourth-order valence-electron chi connectivity index (χ4n) is 4.97. The molecule has 2 aromatic carbocycles. The monoisotopic (exact) mass is 620 g/mol. The molecule has 5 rings (SSSR count). The second-order valence-corrected chi connectivity index (χ2v) is 12.3. The second kappa shape index (κ2) is 11.9. The molecule has 1 fully saturated rings. The number of sulfonamides is 1. The highest BCUT2D eigenvalue weighted by Crippen LogP contribution is 2.32. The first kappa shape index (κ1) is 30.4. The Morgan fingerprint density at radius 3 is 2.51 bits per heavy atom. The molecule has 15 heteroatoms. The molecule has 0 saturated carbocycles. The van der Waals surface area contributed by atoms with Crippen LogP contribution in [0.2, 0.25) is 0 Å². The Labute approximate surface area is 243 Å². The molecule has 0 radical (unpaired) electrons. The highest BCUT2D eigenvalue weighted by Gasteiger charge is 2.27. The van der Waals surface area contributed by atoms with Crippen molar-refractivity contribution in [3.05, 3.63) is 81.8 Å². The lowest BCUT2D eigenvalue weighted by Crippen LogP contribution is -2.46. The van der Waals surface area contributed by atoms with Crippen LogP contribution in [-0.2, 0) is 15.8 Å². The number of hydrogen-bond donors (Lipinski definition) is 4. The SMILES string of the molecule is CC(C)n1c(=O)c(-c2cc(F)c(NS(=O)(=O)Cc3ccccc3F)c(F)c2F)cc2cnc(N[C@H]3CNC[C@@H](O)C3)nc21. The number of benzene rings is 2. The molecule has 0 amide bonds. The molecule has 0 spiro atoms. The maximum Gasteiger partial charge on any atom is 0.260 e. The summed E-state index contributed by atoms with van der Waals surface area (Å²) in [5, 5.41) is 16.4. The van der Waals surface area contributed by atoms with Gasteiger partial charge in [0, 0.05) is 47.9 Å². The van der Waals surface area contributed by atoms with Crippen LogP contribution in [0.25, 0.3) is 22.2 Å². The Hall–Kier alpha value is -4.08. The first-order valence-electron chi connectivity index (χ1n) is 13.3. The minimum absolute atomic E-state index is 0.178. The van der Waals surface area contributed by atoms with Gasteiger partial charge in [-0.15, -0.1) is 0 Å². The molecule has 3 heterocycles. The van der Waals surface area contributed by atoms with Gasteiger partial charge in [0.25, 0.3) is 5.56 Å². The number of fused-ring (bicyclic) bond motifs is 1. The van der Waals surface area contributed by atoms with Crippen LogP contribution in [0.3, 0.4) is 0 Å². The van der Waals surface area contributed by atoms with Gasteiger partial charge in [-0.3, -0.25) is 14.1 Å². The molecular weight excluding hydrogens is 592 g/mol. The van der Waals surface area contributed by atoms with Crippen molar-refractivity contribution in [2.75, 3.05) is 23.1 Å². The minimum atomic E-state index is -4.57. The van der Waals surface area contributed by atoms with Gasteiger partial charge in [-0.2, -0.15) is 4.98 Å². The third-order valence-electron chi connectivity index (χ3n) is 6.96. The predicted octanol–water partition coefficient (Wildman–Crippen LogP) is 3.67. The van der Waals surface area contributed by atoms with E-state index in [1.165, 1.54) is 35.0 Å². The largest absolute Gasteiger partial charge is 0.392 e. The van der Waals surface area contributed by atoms with Gasteiger partial charge in [0.1, 0.15) is 17.2 Å². The number of nitrogens with zero attached hydrogens (tertiary/aromatic N) is 3. The van der Waals surface area contributed by atoms with Gasteiger partial charge < -0.3 is 15.7 Å². The number of aliphatic hydroxyl groups excluding tert-OH is 1. The van der Waals surface area contributed by atoms with Crippen LogP contribution in [0.5, 0.6) is 0 Å². The van der Waals surface area contributed by atoms with Gasteiger partial charge in [-0.05, 0) is 38.5 Å². The molecule has 228 valence electrons. The Morgan fingerprint density at radius 2 is 1.81 bits per heavy atom. The second-order valence-electron chi connectivity index (χ2n) is 10.5. The third-order valence-corrected chi connectivity index (χ3v) is 8.17. The number of anilines is 2. The summed E-state index contributed by atoms with van der Waals surface area (Å²) in [6.45, 7) is 4.36. The molecule has 1 aliphatic heterocycles. The molecule has 0 unspecified atom stereocenters. The average molecular weight is 621 g/mol. The zero-order valence-corrected chi connectivity index (χ0v) is 23.9. The van der Waals surface area contributed by atoms with Gasteiger partial charge in [-0.25, -0.2) is 31.0 Å². The third kappa shape index (κ3) is 6.33. The molecule has 10 nitrogen and oxygen atoms in total. The lowest BCUT2D eigenvalue weighted by atomic mass is 10.0. The van der Waals surface area contributed by atoms with E-state index in [1.807, 2.05) is 0 Å². The van der Waals surface area contributed by atoms with Gasteiger partial charge in [0.15, 0.2) is 17.5 Å². The number of aromatic nitrogens is 3. The van der Waals surface area contributed by atoms with Gasteiger partial charge in [0.05, 0.1) is 17.4 Å². The van der Waals surface area contributed by atoms with Crippen molar-refractivity contribution in [1.82, 2.24) is 19.9 Å². The topological polar surface area (TPSA) is 138 Å². The Bertz CT molecular complexity index is 1870. The van der Waals surface area contributed by atoms with E-state index in [9.17, 15) is 22.7 Å². The molecule has 0 aliphatic carbocycles. The maximum atomic E-state index is 15.4. The molecular formula is C28H28F4N6O4S. The van der Waals surface area contributed by atoms with Crippen molar-refractivity contribution in [3.8, 4) is 11.1 Å². The number of nitrogens with one attached hydrogen (secondary N) is 3. The molecule has 4 aromatic rings. The van der Waals surface area contributed by atoms with Crippen molar-refractivity contribution in [1.29, 1.82) is 0 Å². The molecule has 1 aliphatic rings. The van der Waals surface area contributed by atoms with E-state index in [1.54, 1.807) is 18.6 Å².